The van der Waals surface area contributed by atoms with E-state index in [2.05, 4.69) is 18.3 Å². The SMILES string of the molecule is C[C@@H]1CCc2sc(NC(=O)c3ccco3)c(C#N)c2C1. The van der Waals surface area contributed by atoms with Gasteiger partial charge in [0.25, 0.3) is 5.91 Å². The van der Waals surface area contributed by atoms with Gasteiger partial charge in [-0.15, -0.1) is 11.3 Å². The Morgan fingerprint density at radius 2 is 2.45 bits per heavy atom. The number of nitrogens with one attached hydrogen (secondary N) is 1. The molecule has 0 saturated heterocycles. The lowest BCUT2D eigenvalue weighted by atomic mass is 9.88. The highest BCUT2D eigenvalue weighted by atomic mass is 32.1. The minimum atomic E-state index is -0.307. The molecule has 4 nitrogen and oxygen atoms in total. The van der Waals surface area contributed by atoms with E-state index in [1.54, 1.807) is 12.1 Å². The lowest BCUT2D eigenvalue weighted by Crippen LogP contribution is -2.11. The summed E-state index contributed by atoms with van der Waals surface area (Å²) in [5.74, 6) is 0.546. The molecule has 1 atom stereocenters. The summed E-state index contributed by atoms with van der Waals surface area (Å²) < 4.78 is 5.07. The predicted octanol–water partition coefficient (Wildman–Crippen LogP) is 3.59. The normalized spacial score (nSPS) is 17.3. The Labute approximate surface area is 121 Å². The van der Waals surface area contributed by atoms with Crippen LogP contribution < -0.4 is 5.32 Å². The lowest BCUT2D eigenvalue weighted by Gasteiger charge is -2.17. The van der Waals surface area contributed by atoms with Gasteiger partial charge in [-0.2, -0.15) is 5.26 Å². The van der Waals surface area contributed by atoms with Crippen LogP contribution in [0.1, 0.15) is 39.9 Å². The summed E-state index contributed by atoms with van der Waals surface area (Å²) in [6.07, 6.45) is 4.52. The second kappa shape index (κ2) is 5.14. The van der Waals surface area contributed by atoms with Gasteiger partial charge in [-0.05, 0) is 42.9 Å². The van der Waals surface area contributed by atoms with Crippen molar-refractivity contribution in [2.24, 2.45) is 5.92 Å². The Hall–Kier alpha value is -2.06. The van der Waals surface area contributed by atoms with Crippen molar-refractivity contribution in [3.8, 4) is 6.07 Å². The van der Waals surface area contributed by atoms with E-state index in [-0.39, 0.29) is 11.7 Å². The Bertz CT molecular complexity index is 680. The van der Waals surface area contributed by atoms with E-state index in [0.29, 0.717) is 16.5 Å². The van der Waals surface area contributed by atoms with Crippen LogP contribution in [-0.4, -0.2) is 5.91 Å². The second-order valence-corrected chi connectivity index (χ2v) is 6.20. The predicted molar refractivity (Wildman–Crippen MR) is 76.9 cm³/mol. The number of anilines is 1. The van der Waals surface area contributed by atoms with Crippen molar-refractivity contribution in [3.63, 3.8) is 0 Å². The molecular weight excluding hydrogens is 272 g/mol. The first-order valence-electron chi connectivity index (χ1n) is 6.58. The smallest absolute Gasteiger partial charge is 0.291 e. The highest BCUT2D eigenvalue weighted by Gasteiger charge is 2.25. The molecule has 1 aliphatic rings. The monoisotopic (exact) mass is 286 g/mol. The van der Waals surface area contributed by atoms with Gasteiger partial charge in [0.2, 0.25) is 0 Å². The molecule has 0 bridgehead atoms. The summed E-state index contributed by atoms with van der Waals surface area (Å²) in [5.41, 5.74) is 1.74. The third kappa shape index (κ3) is 2.23. The molecule has 0 aliphatic heterocycles. The molecule has 0 aromatic carbocycles. The van der Waals surface area contributed by atoms with E-state index in [1.165, 1.54) is 22.5 Å². The van der Waals surface area contributed by atoms with Crippen molar-refractivity contribution in [2.45, 2.75) is 26.2 Å². The van der Waals surface area contributed by atoms with Gasteiger partial charge in [-0.25, -0.2) is 0 Å². The quantitative estimate of drug-likeness (QED) is 0.917. The first kappa shape index (κ1) is 12.9. The fraction of sp³-hybridized carbons (Fsp3) is 0.333. The molecule has 0 unspecified atom stereocenters. The molecule has 3 rings (SSSR count). The minimum Gasteiger partial charge on any atom is -0.459 e. The van der Waals surface area contributed by atoms with Crippen molar-refractivity contribution in [2.75, 3.05) is 5.32 Å². The number of thiophene rings is 1. The van der Waals surface area contributed by atoms with Crippen molar-refractivity contribution in [1.82, 2.24) is 0 Å². The maximum atomic E-state index is 12.0. The van der Waals surface area contributed by atoms with Crippen LogP contribution in [0.5, 0.6) is 0 Å². The zero-order chi connectivity index (χ0) is 14.1. The summed E-state index contributed by atoms with van der Waals surface area (Å²) in [7, 11) is 0. The van der Waals surface area contributed by atoms with Crippen molar-refractivity contribution in [3.05, 3.63) is 40.2 Å². The fourth-order valence-electron chi connectivity index (χ4n) is 2.54. The van der Waals surface area contributed by atoms with E-state index < -0.39 is 0 Å². The van der Waals surface area contributed by atoms with Crippen molar-refractivity contribution in [1.29, 1.82) is 5.26 Å². The number of hydrogen-bond donors (Lipinski definition) is 1. The Balaban J connectivity index is 1.91. The number of carbonyl (C=O) groups is 1. The average molecular weight is 286 g/mol. The molecule has 2 heterocycles. The van der Waals surface area contributed by atoms with Crippen LogP contribution in [0.25, 0.3) is 0 Å². The molecule has 2 aromatic rings. The average Bonchev–Trinajstić information content (AvgIpc) is 3.05. The third-order valence-corrected chi connectivity index (χ3v) is 4.80. The Morgan fingerprint density at radius 3 is 3.15 bits per heavy atom. The number of aryl methyl sites for hydroxylation is 1. The third-order valence-electron chi connectivity index (χ3n) is 3.59. The zero-order valence-corrected chi connectivity index (χ0v) is 11.9. The van der Waals surface area contributed by atoms with Gasteiger partial charge in [0, 0.05) is 4.88 Å². The molecule has 0 spiro atoms. The van der Waals surface area contributed by atoms with Crippen LogP contribution >= 0.6 is 11.3 Å². The lowest BCUT2D eigenvalue weighted by molar-refractivity contribution is 0.0997. The first-order chi connectivity index (χ1) is 9.69. The number of nitrogens with zero attached hydrogens (tertiary/aromatic N) is 1. The summed E-state index contributed by atoms with van der Waals surface area (Å²) >= 11 is 1.52. The summed E-state index contributed by atoms with van der Waals surface area (Å²) in [4.78, 5) is 13.2. The highest BCUT2D eigenvalue weighted by molar-refractivity contribution is 7.16. The molecule has 1 amide bonds. The molecule has 20 heavy (non-hydrogen) atoms. The molecule has 1 aliphatic carbocycles. The summed E-state index contributed by atoms with van der Waals surface area (Å²) in [6.45, 7) is 2.20. The van der Waals surface area contributed by atoms with Crippen molar-refractivity contribution < 1.29 is 9.21 Å². The van der Waals surface area contributed by atoms with Crippen molar-refractivity contribution >= 4 is 22.2 Å². The van der Waals surface area contributed by atoms with E-state index in [4.69, 9.17) is 4.42 Å². The van der Waals surface area contributed by atoms with E-state index >= 15 is 0 Å². The molecule has 0 saturated carbocycles. The van der Waals surface area contributed by atoms with Crippen LogP contribution in [0.2, 0.25) is 0 Å². The molecule has 0 fully saturated rings. The van der Waals surface area contributed by atoms with Gasteiger partial charge in [0.05, 0.1) is 11.8 Å². The summed E-state index contributed by atoms with van der Waals surface area (Å²) in [6, 6.07) is 5.52. The number of furan rings is 1. The minimum absolute atomic E-state index is 0.258. The van der Waals surface area contributed by atoms with E-state index in [1.807, 2.05) is 0 Å². The number of carbonyl (C=O) groups excluding carboxylic acids is 1. The molecule has 2 aromatic heterocycles. The number of hydrogen-bond acceptors (Lipinski definition) is 4. The first-order valence-corrected chi connectivity index (χ1v) is 7.40. The van der Waals surface area contributed by atoms with Gasteiger partial charge in [0.15, 0.2) is 5.76 Å². The fourth-order valence-corrected chi connectivity index (χ4v) is 3.73. The van der Waals surface area contributed by atoms with Gasteiger partial charge in [-0.3, -0.25) is 4.79 Å². The molecule has 1 N–H and O–H groups in total. The van der Waals surface area contributed by atoms with Crippen LogP contribution in [0.15, 0.2) is 22.8 Å². The van der Waals surface area contributed by atoms with Gasteiger partial charge in [-0.1, -0.05) is 6.92 Å². The number of amides is 1. The largest absolute Gasteiger partial charge is 0.459 e. The highest BCUT2D eigenvalue weighted by Crippen LogP contribution is 2.39. The number of nitriles is 1. The Morgan fingerprint density at radius 1 is 1.60 bits per heavy atom. The van der Waals surface area contributed by atoms with Crippen LogP contribution in [0.4, 0.5) is 5.00 Å². The number of fused-ring (bicyclic) bond motifs is 1. The van der Waals surface area contributed by atoms with Gasteiger partial charge < -0.3 is 9.73 Å². The maximum absolute atomic E-state index is 12.0. The van der Waals surface area contributed by atoms with Crippen LogP contribution in [0, 0.1) is 17.2 Å². The van der Waals surface area contributed by atoms with Crippen LogP contribution in [-0.2, 0) is 12.8 Å². The second-order valence-electron chi connectivity index (χ2n) is 5.10. The zero-order valence-electron chi connectivity index (χ0n) is 11.1. The Kier molecular flexibility index (Phi) is 3.33. The van der Waals surface area contributed by atoms with Gasteiger partial charge in [0.1, 0.15) is 11.1 Å². The van der Waals surface area contributed by atoms with E-state index in [9.17, 15) is 10.1 Å². The molecule has 5 heteroatoms. The summed E-state index contributed by atoms with van der Waals surface area (Å²) in [5, 5.41) is 12.8. The maximum Gasteiger partial charge on any atom is 0.291 e. The van der Waals surface area contributed by atoms with Crippen LogP contribution in [0.3, 0.4) is 0 Å². The number of rotatable bonds is 2. The topological polar surface area (TPSA) is 66.0 Å². The molecular formula is C15H14N2O2S. The van der Waals surface area contributed by atoms with E-state index in [0.717, 1.165) is 24.8 Å². The molecule has 102 valence electrons. The van der Waals surface area contributed by atoms with Gasteiger partial charge >= 0.3 is 0 Å². The standard InChI is InChI=1S/C15H14N2O2S/c1-9-4-5-13-10(7-9)11(8-16)15(20-13)17-14(18)12-3-2-6-19-12/h2-3,6,9H,4-5,7H2,1H3,(H,17,18)/t9-/m1/s1. The molecule has 0 radical (unpaired) electrons.